The highest BCUT2D eigenvalue weighted by molar-refractivity contribution is 7.17. The molecule has 0 atom stereocenters. The summed E-state index contributed by atoms with van der Waals surface area (Å²) in [5.74, 6) is 3.28. The van der Waals surface area contributed by atoms with Crippen molar-refractivity contribution in [3.63, 3.8) is 0 Å². The summed E-state index contributed by atoms with van der Waals surface area (Å²) in [5.41, 5.74) is 2.40. The van der Waals surface area contributed by atoms with E-state index in [1.807, 2.05) is 12.4 Å². The van der Waals surface area contributed by atoms with E-state index in [-0.39, 0.29) is 0 Å². The summed E-state index contributed by atoms with van der Waals surface area (Å²) in [6.07, 6.45) is 3.91. The van der Waals surface area contributed by atoms with Crippen molar-refractivity contribution in [3.8, 4) is 11.1 Å². The molecule has 0 radical (unpaired) electrons. The van der Waals surface area contributed by atoms with Crippen molar-refractivity contribution < 1.29 is 4.74 Å². The molecule has 0 amide bonds. The molecule has 0 spiro atoms. The zero-order valence-electron chi connectivity index (χ0n) is 18.7. The third-order valence-corrected chi connectivity index (χ3v) is 7.01. The number of anilines is 1. The minimum absolute atomic E-state index is 0.371. The molecule has 5 rings (SSSR count). The molecule has 4 heterocycles. The van der Waals surface area contributed by atoms with E-state index < -0.39 is 0 Å². The molecule has 1 aliphatic heterocycles. The van der Waals surface area contributed by atoms with Crippen LogP contribution in [0.5, 0.6) is 0 Å². The number of benzene rings is 1. The molecular formula is C24H28N6OS. The fourth-order valence-corrected chi connectivity index (χ4v) is 5.47. The van der Waals surface area contributed by atoms with Gasteiger partial charge >= 0.3 is 0 Å². The number of methoxy groups -OCH3 is 1. The van der Waals surface area contributed by atoms with E-state index in [0.29, 0.717) is 18.6 Å². The zero-order chi connectivity index (χ0) is 22.1. The first-order chi connectivity index (χ1) is 15.7. The zero-order valence-corrected chi connectivity index (χ0v) is 19.5. The van der Waals surface area contributed by atoms with E-state index in [1.165, 1.54) is 11.1 Å². The van der Waals surface area contributed by atoms with Crippen LogP contribution in [0.15, 0.2) is 42.0 Å². The standard InChI is InChI=1S/C24H28N6OS/c1-16(2)30-15-25-28-22(30)18-9-11-29(12-10-18)23-21-19(17-7-5-4-6-8-17)14-32-24(21)27-20(26-23)13-31-3/h4-8,14-16,18H,9-13H2,1-3H3. The fraction of sp³-hybridized carbons (Fsp3) is 0.417. The number of piperidine rings is 1. The summed E-state index contributed by atoms with van der Waals surface area (Å²) < 4.78 is 7.56. The Morgan fingerprint density at radius 3 is 2.62 bits per heavy atom. The van der Waals surface area contributed by atoms with Crippen LogP contribution in [-0.2, 0) is 11.3 Å². The van der Waals surface area contributed by atoms with Gasteiger partial charge in [0.2, 0.25) is 0 Å². The van der Waals surface area contributed by atoms with E-state index in [2.05, 4.69) is 63.2 Å². The predicted octanol–water partition coefficient (Wildman–Crippen LogP) is 5.06. The summed E-state index contributed by atoms with van der Waals surface area (Å²) in [5, 5.41) is 12.0. The lowest BCUT2D eigenvalue weighted by Crippen LogP contribution is -2.34. The van der Waals surface area contributed by atoms with Crippen LogP contribution in [-0.4, -0.2) is 44.9 Å². The lowest BCUT2D eigenvalue weighted by Gasteiger charge is -2.33. The Kier molecular flexibility index (Phi) is 5.89. The van der Waals surface area contributed by atoms with Crippen LogP contribution in [0.1, 0.15) is 50.3 Å². The Bertz CT molecular complexity index is 1190. The number of hydrogen-bond acceptors (Lipinski definition) is 7. The summed E-state index contributed by atoms with van der Waals surface area (Å²) in [6, 6.07) is 10.9. The maximum absolute atomic E-state index is 5.36. The van der Waals surface area contributed by atoms with Crippen molar-refractivity contribution in [3.05, 3.63) is 53.7 Å². The van der Waals surface area contributed by atoms with Gasteiger partial charge in [0.05, 0.1) is 5.39 Å². The third kappa shape index (κ3) is 3.89. The average Bonchev–Trinajstić information content (AvgIpc) is 3.47. The Labute approximate surface area is 192 Å². The second-order valence-electron chi connectivity index (χ2n) is 8.54. The molecule has 32 heavy (non-hydrogen) atoms. The maximum atomic E-state index is 5.36. The Morgan fingerprint density at radius 1 is 1.12 bits per heavy atom. The summed E-state index contributed by atoms with van der Waals surface area (Å²) in [4.78, 5) is 13.2. The lowest BCUT2D eigenvalue weighted by atomic mass is 9.95. The van der Waals surface area contributed by atoms with Gasteiger partial charge in [0.25, 0.3) is 0 Å². The molecule has 1 saturated heterocycles. The smallest absolute Gasteiger partial charge is 0.158 e. The van der Waals surface area contributed by atoms with Crippen LogP contribution < -0.4 is 4.90 Å². The molecule has 1 aliphatic rings. The first kappa shape index (κ1) is 21.0. The molecule has 7 nitrogen and oxygen atoms in total. The van der Waals surface area contributed by atoms with Gasteiger partial charge in [-0.1, -0.05) is 30.3 Å². The highest BCUT2D eigenvalue weighted by atomic mass is 32.1. The van der Waals surface area contributed by atoms with Crippen molar-refractivity contribution in [1.82, 2.24) is 24.7 Å². The third-order valence-electron chi connectivity index (χ3n) is 6.14. The number of aromatic nitrogens is 5. The molecule has 1 fully saturated rings. The number of nitrogens with zero attached hydrogens (tertiary/aromatic N) is 6. The monoisotopic (exact) mass is 448 g/mol. The van der Waals surface area contributed by atoms with Gasteiger partial charge in [-0.3, -0.25) is 0 Å². The Hall–Kier alpha value is -2.84. The molecule has 8 heteroatoms. The van der Waals surface area contributed by atoms with Crippen LogP contribution in [0.3, 0.4) is 0 Å². The van der Waals surface area contributed by atoms with Gasteiger partial charge in [0, 0.05) is 43.1 Å². The lowest BCUT2D eigenvalue weighted by molar-refractivity contribution is 0.178. The van der Waals surface area contributed by atoms with Gasteiger partial charge in [-0.25, -0.2) is 9.97 Å². The van der Waals surface area contributed by atoms with E-state index in [1.54, 1.807) is 18.4 Å². The van der Waals surface area contributed by atoms with Crippen LogP contribution in [0.4, 0.5) is 5.82 Å². The van der Waals surface area contributed by atoms with Gasteiger partial charge in [0.1, 0.15) is 29.4 Å². The molecule has 0 aliphatic carbocycles. The first-order valence-electron chi connectivity index (χ1n) is 11.1. The highest BCUT2D eigenvalue weighted by Crippen LogP contribution is 2.40. The van der Waals surface area contributed by atoms with E-state index in [4.69, 9.17) is 14.7 Å². The van der Waals surface area contributed by atoms with E-state index >= 15 is 0 Å². The largest absolute Gasteiger partial charge is 0.377 e. The summed E-state index contributed by atoms with van der Waals surface area (Å²) >= 11 is 1.68. The molecule has 0 N–H and O–H groups in total. The van der Waals surface area contributed by atoms with Crippen LogP contribution in [0.2, 0.25) is 0 Å². The molecule has 166 valence electrons. The van der Waals surface area contributed by atoms with Crippen molar-refractivity contribution in [2.75, 3.05) is 25.1 Å². The Morgan fingerprint density at radius 2 is 1.91 bits per heavy atom. The Balaban J connectivity index is 1.49. The molecule has 3 aromatic heterocycles. The number of ether oxygens (including phenoxy) is 1. The second kappa shape index (κ2) is 8.96. The number of hydrogen-bond donors (Lipinski definition) is 0. The number of thiophene rings is 1. The summed E-state index contributed by atoms with van der Waals surface area (Å²) in [6.45, 7) is 6.63. The quantitative estimate of drug-likeness (QED) is 0.411. The predicted molar refractivity (Wildman–Crippen MR) is 128 cm³/mol. The van der Waals surface area contributed by atoms with Gasteiger partial charge in [-0.15, -0.1) is 21.5 Å². The molecule has 0 unspecified atom stereocenters. The van der Waals surface area contributed by atoms with E-state index in [9.17, 15) is 0 Å². The minimum Gasteiger partial charge on any atom is -0.377 e. The van der Waals surface area contributed by atoms with Gasteiger partial charge < -0.3 is 14.2 Å². The van der Waals surface area contributed by atoms with Crippen molar-refractivity contribution in [1.29, 1.82) is 0 Å². The fourth-order valence-electron chi connectivity index (χ4n) is 4.51. The van der Waals surface area contributed by atoms with Crippen molar-refractivity contribution in [2.45, 2.75) is 45.3 Å². The molecule has 4 aromatic rings. The average molecular weight is 449 g/mol. The van der Waals surface area contributed by atoms with Crippen LogP contribution in [0, 0.1) is 0 Å². The normalized spacial score (nSPS) is 15.2. The van der Waals surface area contributed by atoms with E-state index in [0.717, 1.165) is 53.6 Å². The van der Waals surface area contributed by atoms with Gasteiger partial charge in [0.15, 0.2) is 5.82 Å². The molecule has 0 bridgehead atoms. The van der Waals surface area contributed by atoms with Gasteiger partial charge in [-0.2, -0.15) is 0 Å². The van der Waals surface area contributed by atoms with Crippen LogP contribution in [0.25, 0.3) is 21.3 Å². The molecule has 0 saturated carbocycles. The number of fused-ring (bicyclic) bond motifs is 1. The van der Waals surface area contributed by atoms with Crippen molar-refractivity contribution >= 4 is 27.4 Å². The van der Waals surface area contributed by atoms with Crippen LogP contribution >= 0.6 is 11.3 Å². The SMILES string of the molecule is COCc1nc(N2CCC(c3nncn3C(C)C)CC2)c2c(-c3ccccc3)csc2n1. The maximum Gasteiger partial charge on any atom is 0.158 e. The minimum atomic E-state index is 0.371. The summed E-state index contributed by atoms with van der Waals surface area (Å²) in [7, 11) is 1.69. The highest BCUT2D eigenvalue weighted by Gasteiger charge is 2.28. The van der Waals surface area contributed by atoms with Gasteiger partial charge in [-0.05, 0) is 32.3 Å². The molecular weight excluding hydrogens is 420 g/mol. The number of rotatable bonds is 6. The second-order valence-corrected chi connectivity index (χ2v) is 9.40. The topological polar surface area (TPSA) is 69.0 Å². The first-order valence-corrected chi connectivity index (χ1v) is 12.0. The molecule has 1 aromatic carbocycles. The van der Waals surface area contributed by atoms with Crippen molar-refractivity contribution in [2.24, 2.45) is 0 Å².